The molecule has 92 valence electrons. The van der Waals surface area contributed by atoms with E-state index in [2.05, 4.69) is 24.2 Å². The van der Waals surface area contributed by atoms with Crippen LogP contribution in [-0.4, -0.2) is 32.5 Å². The molecule has 0 fully saturated rings. The van der Waals surface area contributed by atoms with Crippen LogP contribution in [0.1, 0.15) is 20.3 Å². The fourth-order valence-electron chi connectivity index (χ4n) is 0.740. The second kappa shape index (κ2) is 7.90. The summed E-state index contributed by atoms with van der Waals surface area (Å²) in [6, 6.07) is 0. The molecule has 0 aromatic carbocycles. The number of ether oxygens (including phenoxy) is 1. The van der Waals surface area contributed by atoms with Crippen LogP contribution in [0.2, 0.25) is 0 Å². The first-order chi connectivity index (χ1) is 6.92. The molecule has 0 aliphatic carbocycles. The SMILES string of the molecule is CC(C)CCOCCNOCC(F)(F)F. The van der Waals surface area contributed by atoms with Crippen LogP contribution in [0.3, 0.4) is 0 Å². The monoisotopic (exact) mass is 229 g/mol. The van der Waals surface area contributed by atoms with E-state index in [1.54, 1.807) is 0 Å². The Morgan fingerprint density at radius 2 is 1.87 bits per heavy atom. The lowest BCUT2D eigenvalue weighted by molar-refractivity contribution is -0.190. The lowest BCUT2D eigenvalue weighted by Crippen LogP contribution is -2.27. The average Bonchev–Trinajstić information content (AvgIpc) is 2.07. The molecule has 3 nitrogen and oxygen atoms in total. The molecule has 0 saturated heterocycles. The minimum Gasteiger partial charge on any atom is -0.380 e. The van der Waals surface area contributed by atoms with Gasteiger partial charge in [0.25, 0.3) is 0 Å². The summed E-state index contributed by atoms with van der Waals surface area (Å²) in [5.41, 5.74) is 2.19. The molecular weight excluding hydrogens is 211 g/mol. The van der Waals surface area contributed by atoms with Gasteiger partial charge in [-0.2, -0.15) is 18.7 Å². The van der Waals surface area contributed by atoms with Crippen LogP contribution in [0, 0.1) is 5.92 Å². The maximum absolute atomic E-state index is 11.6. The summed E-state index contributed by atoms with van der Waals surface area (Å²) < 4.78 is 39.9. The molecule has 1 N–H and O–H groups in total. The van der Waals surface area contributed by atoms with Crippen molar-refractivity contribution in [2.75, 3.05) is 26.4 Å². The maximum Gasteiger partial charge on any atom is 0.413 e. The molecule has 0 unspecified atom stereocenters. The predicted octanol–water partition coefficient (Wildman–Crippen LogP) is 2.13. The largest absolute Gasteiger partial charge is 0.413 e. The van der Waals surface area contributed by atoms with Gasteiger partial charge in [0.05, 0.1) is 6.61 Å². The van der Waals surface area contributed by atoms with Gasteiger partial charge in [-0.05, 0) is 12.3 Å². The third kappa shape index (κ3) is 13.7. The van der Waals surface area contributed by atoms with Crippen molar-refractivity contribution in [2.45, 2.75) is 26.4 Å². The van der Waals surface area contributed by atoms with E-state index in [9.17, 15) is 13.2 Å². The molecule has 0 aliphatic heterocycles. The number of hydroxylamine groups is 1. The molecule has 0 aliphatic rings. The first-order valence-corrected chi connectivity index (χ1v) is 4.91. The Bertz CT molecular complexity index is 151. The molecule has 0 atom stereocenters. The van der Waals surface area contributed by atoms with Crippen molar-refractivity contribution in [3.05, 3.63) is 0 Å². The van der Waals surface area contributed by atoms with Crippen LogP contribution < -0.4 is 5.48 Å². The Kier molecular flexibility index (Phi) is 7.72. The summed E-state index contributed by atoms with van der Waals surface area (Å²) >= 11 is 0. The normalized spacial score (nSPS) is 12.4. The van der Waals surface area contributed by atoms with Gasteiger partial charge in [-0.15, -0.1) is 0 Å². The zero-order chi connectivity index (χ0) is 11.7. The standard InChI is InChI=1S/C9H18F3NO2/c1-8(2)3-5-14-6-4-13-15-7-9(10,11)12/h8,13H,3-7H2,1-2H3. The maximum atomic E-state index is 11.6. The Morgan fingerprint density at radius 1 is 1.20 bits per heavy atom. The predicted molar refractivity (Wildman–Crippen MR) is 50.3 cm³/mol. The quantitative estimate of drug-likeness (QED) is 0.511. The van der Waals surface area contributed by atoms with Crippen molar-refractivity contribution in [3.8, 4) is 0 Å². The minimum absolute atomic E-state index is 0.258. The van der Waals surface area contributed by atoms with Crippen LogP contribution in [0.4, 0.5) is 13.2 Å². The van der Waals surface area contributed by atoms with Gasteiger partial charge in [0.2, 0.25) is 0 Å². The first-order valence-electron chi connectivity index (χ1n) is 4.91. The van der Waals surface area contributed by atoms with E-state index in [0.29, 0.717) is 19.1 Å². The van der Waals surface area contributed by atoms with E-state index in [4.69, 9.17) is 4.74 Å². The van der Waals surface area contributed by atoms with Gasteiger partial charge in [-0.25, -0.2) is 0 Å². The third-order valence-corrected chi connectivity index (χ3v) is 1.53. The Balaban J connectivity index is 3.06. The zero-order valence-electron chi connectivity index (χ0n) is 9.06. The topological polar surface area (TPSA) is 30.5 Å². The van der Waals surface area contributed by atoms with Gasteiger partial charge < -0.3 is 4.74 Å². The number of hydrogen-bond donors (Lipinski definition) is 1. The Morgan fingerprint density at radius 3 is 2.40 bits per heavy atom. The van der Waals surface area contributed by atoms with E-state index in [-0.39, 0.29) is 6.54 Å². The molecule has 15 heavy (non-hydrogen) atoms. The van der Waals surface area contributed by atoms with Crippen LogP contribution >= 0.6 is 0 Å². The van der Waals surface area contributed by atoms with Gasteiger partial charge >= 0.3 is 6.18 Å². The van der Waals surface area contributed by atoms with Crippen molar-refractivity contribution in [3.63, 3.8) is 0 Å². The van der Waals surface area contributed by atoms with E-state index in [0.717, 1.165) is 6.42 Å². The van der Waals surface area contributed by atoms with Gasteiger partial charge in [0.1, 0.15) is 0 Å². The molecule has 0 radical (unpaired) electrons. The first kappa shape index (κ1) is 14.7. The van der Waals surface area contributed by atoms with Crippen molar-refractivity contribution < 1.29 is 22.7 Å². The van der Waals surface area contributed by atoms with Crippen molar-refractivity contribution in [1.82, 2.24) is 5.48 Å². The lowest BCUT2D eigenvalue weighted by Gasteiger charge is -2.09. The van der Waals surface area contributed by atoms with Gasteiger partial charge in [-0.1, -0.05) is 13.8 Å². The second-order valence-electron chi connectivity index (χ2n) is 3.59. The lowest BCUT2D eigenvalue weighted by atomic mass is 10.1. The molecule has 0 bridgehead atoms. The van der Waals surface area contributed by atoms with Crippen LogP contribution in [0.25, 0.3) is 0 Å². The van der Waals surface area contributed by atoms with Crippen LogP contribution in [-0.2, 0) is 9.57 Å². The second-order valence-corrected chi connectivity index (χ2v) is 3.59. The summed E-state index contributed by atoms with van der Waals surface area (Å²) in [6.45, 7) is 4.11. The molecular formula is C9H18F3NO2. The average molecular weight is 229 g/mol. The smallest absolute Gasteiger partial charge is 0.380 e. The van der Waals surface area contributed by atoms with Crippen molar-refractivity contribution in [2.24, 2.45) is 5.92 Å². The highest BCUT2D eigenvalue weighted by atomic mass is 19.4. The Labute approximate surface area is 87.9 Å². The summed E-state index contributed by atoms with van der Waals surface area (Å²) in [6.07, 6.45) is -3.34. The van der Waals surface area contributed by atoms with Gasteiger partial charge in [-0.3, -0.25) is 4.84 Å². The molecule has 0 rings (SSSR count). The van der Waals surface area contributed by atoms with Crippen LogP contribution in [0.5, 0.6) is 0 Å². The van der Waals surface area contributed by atoms with Crippen LogP contribution in [0.15, 0.2) is 0 Å². The highest BCUT2D eigenvalue weighted by Crippen LogP contribution is 2.13. The van der Waals surface area contributed by atoms with Gasteiger partial charge in [0, 0.05) is 13.2 Å². The van der Waals surface area contributed by atoms with E-state index in [1.807, 2.05) is 0 Å². The number of halogens is 3. The summed E-state index contributed by atoms with van der Waals surface area (Å²) in [4.78, 5) is 4.17. The number of hydrogen-bond acceptors (Lipinski definition) is 3. The fraction of sp³-hybridized carbons (Fsp3) is 1.00. The summed E-state index contributed by atoms with van der Waals surface area (Å²) in [5, 5.41) is 0. The van der Waals surface area contributed by atoms with Crippen molar-refractivity contribution >= 4 is 0 Å². The van der Waals surface area contributed by atoms with E-state index < -0.39 is 12.8 Å². The van der Waals surface area contributed by atoms with Gasteiger partial charge in [0.15, 0.2) is 6.61 Å². The van der Waals surface area contributed by atoms with E-state index in [1.165, 1.54) is 0 Å². The summed E-state index contributed by atoms with van der Waals surface area (Å²) in [7, 11) is 0. The highest BCUT2D eigenvalue weighted by Gasteiger charge is 2.27. The Hall–Kier alpha value is -0.330. The summed E-state index contributed by atoms with van der Waals surface area (Å²) in [5.74, 6) is 0.569. The zero-order valence-corrected chi connectivity index (χ0v) is 9.06. The number of rotatable bonds is 8. The molecule has 0 aromatic heterocycles. The van der Waals surface area contributed by atoms with Crippen molar-refractivity contribution in [1.29, 1.82) is 0 Å². The molecule has 0 saturated carbocycles. The number of alkyl halides is 3. The fourth-order valence-corrected chi connectivity index (χ4v) is 0.740. The molecule has 0 spiro atoms. The molecule has 6 heteroatoms. The third-order valence-electron chi connectivity index (χ3n) is 1.53. The highest BCUT2D eigenvalue weighted by molar-refractivity contribution is 4.45. The number of nitrogens with one attached hydrogen (secondary N) is 1. The molecule has 0 aromatic rings. The molecule has 0 amide bonds. The molecule has 0 heterocycles. The minimum atomic E-state index is -4.29. The van der Waals surface area contributed by atoms with E-state index >= 15 is 0 Å².